The van der Waals surface area contributed by atoms with Crippen LogP contribution in [-0.4, -0.2) is 29.9 Å². The van der Waals surface area contributed by atoms with Gasteiger partial charge in [-0.15, -0.1) is 0 Å². The van der Waals surface area contributed by atoms with E-state index in [2.05, 4.69) is 15.8 Å². The second kappa shape index (κ2) is 6.24. The fraction of sp³-hybridized carbons (Fsp3) is 0.636. The van der Waals surface area contributed by atoms with Crippen LogP contribution in [0.15, 0.2) is 16.8 Å². The number of alkyl carbamates (subject to hydrolysis) is 1. The minimum Gasteiger partial charge on any atom is -0.444 e. The number of amides is 1. The molecule has 1 rings (SSSR count). The number of nitrogens with one attached hydrogen (secondary N) is 2. The Morgan fingerprint density at radius 1 is 1.47 bits per heavy atom. The van der Waals surface area contributed by atoms with Crippen LogP contribution in [-0.2, 0) is 11.3 Å². The Bertz CT molecular complexity index is 330. The Hall–Kier alpha value is -1.56. The van der Waals surface area contributed by atoms with E-state index in [4.69, 9.17) is 9.26 Å². The third kappa shape index (κ3) is 6.57. The molecule has 6 nitrogen and oxygen atoms in total. The molecule has 96 valence electrons. The van der Waals surface area contributed by atoms with E-state index < -0.39 is 11.7 Å². The van der Waals surface area contributed by atoms with E-state index in [0.717, 1.165) is 5.76 Å². The van der Waals surface area contributed by atoms with Crippen molar-refractivity contribution in [2.24, 2.45) is 0 Å². The molecule has 2 N–H and O–H groups in total. The second-order valence-corrected chi connectivity index (χ2v) is 4.58. The summed E-state index contributed by atoms with van der Waals surface area (Å²) >= 11 is 0. The molecule has 17 heavy (non-hydrogen) atoms. The third-order valence-corrected chi connectivity index (χ3v) is 1.76. The first-order valence-electron chi connectivity index (χ1n) is 5.54. The minimum absolute atomic E-state index is 0.404. The van der Waals surface area contributed by atoms with Crippen molar-refractivity contribution in [2.75, 3.05) is 13.1 Å². The maximum atomic E-state index is 11.3. The van der Waals surface area contributed by atoms with Gasteiger partial charge in [-0.25, -0.2) is 4.79 Å². The third-order valence-electron chi connectivity index (χ3n) is 1.76. The van der Waals surface area contributed by atoms with E-state index in [1.165, 1.54) is 0 Å². The number of hydrogen-bond donors (Lipinski definition) is 2. The summed E-state index contributed by atoms with van der Waals surface area (Å²) in [5, 5.41) is 9.34. The number of carbonyl (C=O) groups is 1. The maximum Gasteiger partial charge on any atom is 0.407 e. The van der Waals surface area contributed by atoms with E-state index in [1.54, 1.807) is 12.3 Å². The van der Waals surface area contributed by atoms with E-state index in [9.17, 15) is 4.79 Å². The molecular weight excluding hydrogens is 222 g/mol. The zero-order valence-corrected chi connectivity index (χ0v) is 10.4. The van der Waals surface area contributed by atoms with Gasteiger partial charge in [0.05, 0.1) is 12.7 Å². The van der Waals surface area contributed by atoms with Crippen LogP contribution in [0.3, 0.4) is 0 Å². The van der Waals surface area contributed by atoms with Crippen LogP contribution < -0.4 is 10.6 Å². The lowest BCUT2D eigenvalue weighted by molar-refractivity contribution is 0.0528. The summed E-state index contributed by atoms with van der Waals surface area (Å²) in [6.07, 6.45) is 1.19. The van der Waals surface area contributed by atoms with E-state index in [0.29, 0.717) is 19.6 Å². The highest BCUT2D eigenvalue weighted by atomic mass is 16.6. The topological polar surface area (TPSA) is 76.4 Å². The molecule has 1 aromatic rings. The molecule has 1 amide bonds. The molecule has 0 fully saturated rings. The zero-order chi connectivity index (χ0) is 12.7. The van der Waals surface area contributed by atoms with Gasteiger partial charge in [0.2, 0.25) is 0 Å². The van der Waals surface area contributed by atoms with Crippen LogP contribution >= 0.6 is 0 Å². The SMILES string of the molecule is CC(C)(C)OC(=O)NCCNCc1ccno1. The monoisotopic (exact) mass is 241 g/mol. The fourth-order valence-corrected chi connectivity index (χ4v) is 1.11. The van der Waals surface area contributed by atoms with Crippen molar-refractivity contribution >= 4 is 6.09 Å². The lowest BCUT2D eigenvalue weighted by atomic mass is 10.2. The van der Waals surface area contributed by atoms with Crippen molar-refractivity contribution in [1.29, 1.82) is 0 Å². The molecular formula is C11H19N3O3. The second-order valence-electron chi connectivity index (χ2n) is 4.58. The zero-order valence-electron chi connectivity index (χ0n) is 10.4. The summed E-state index contributed by atoms with van der Waals surface area (Å²) in [5.74, 6) is 0.766. The van der Waals surface area contributed by atoms with Gasteiger partial charge in [-0.1, -0.05) is 5.16 Å². The van der Waals surface area contributed by atoms with Crippen LogP contribution in [0.2, 0.25) is 0 Å². The Morgan fingerprint density at radius 3 is 2.82 bits per heavy atom. The summed E-state index contributed by atoms with van der Waals surface area (Å²) in [5.41, 5.74) is -0.461. The van der Waals surface area contributed by atoms with Gasteiger partial charge < -0.3 is 19.9 Å². The van der Waals surface area contributed by atoms with Crippen molar-refractivity contribution < 1.29 is 14.1 Å². The molecule has 0 aliphatic heterocycles. The largest absolute Gasteiger partial charge is 0.444 e. The van der Waals surface area contributed by atoms with Crippen molar-refractivity contribution in [3.63, 3.8) is 0 Å². The van der Waals surface area contributed by atoms with Gasteiger partial charge in [-0.3, -0.25) is 0 Å². The van der Waals surface area contributed by atoms with Gasteiger partial charge in [0.1, 0.15) is 11.4 Å². The normalized spacial score (nSPS) is 11.2. The number of aromatic nitrogens is 1. The first-order chi connectivity index (χ1) is 7.97. The fourth-order valence-electron chi connectivity index (χ4n) is 1.11. The average Bonchev–Trinajstić information content (AvgIpc) is 2.67. The molecule has 0 aromatic carbocycles. The van der Waals surface area contributed by atoms with Crippen LogP contribution in [0.25, 0.3) is 0 Å². The molecule has 1 aromatic heterocycles. The molecule has 0 radical (unpaired) electrons. The molecule has 0 saturated heterocycles. The summed E-state index contributed by atoms with van der Waals surface area (Å²) in [7, 11) is 0. The van der Waals surface area contributed by atoms with Crippen LogP contribution in [0.4, 0.5) is 4.79 Å². The molecule has 0 atom stereocenters. The van der Waals surface area contributed by atoms with E-state index >= 15 is 0 Å². The number of hydrogen-bond acceptors (Lipinski definition) is 5. The highest BCUT2D eigenvalue weighted by Gasteiger charge is 2.15. The first kappa shape index (κ1) is 13.5. The highest BCUT2D eigenvalue weighted by molar-refractivity contribution is 5.67. The number of carbonyl (C=O) groups excluding carboxylic acids is 1. The standard InChI is InChI=1S/C11H19N3O3/c1-11(2,3)16-10(15)13-7-6-12-8-9-4-5-14-17-9/h4-5,12H,6-8H2,1-3H3,(H,13,15). The molecule has 6 heteroatoms. The quantitative estimate of drug-likeness (QED) is 0.760. The van der Waals surface area contributed by atoms with E-state index in [-0.39, 0.29) is 0 Å². The smallest absolute Gasteiger partial charge is 0.407 e. The van der Waals surface area contributed by atoms with Crippen LogP contribution in [0.1, 0.15) is 26.5 Å². The average molecular weight is 241 g/mol. The predicted octanol–water partition coefficient (Wildman–Crippen LogP) is 1.29. The molecule has 0 saturated carbocycles. The molecule has 0 aliphatic rings. The first-order valence-corrected chi connectivity index (χ1v) is 5.54. The molecule has 0 bridgehead atoms. The predicted molar refractivity (Wildman–Crippen MR) is 62.4 cm³/mol. The van der Waals surface area contributed by atoms with Crippen molar-refractivity contribution in [1.82, 2.24) is 15.8 Å². The number of rotatable bonds is 5. The van der Waals surface area contributed by atoms with Gasteiger partial charge in [0.25, 0.3) is 0 Å². The number of nitrogens with zero attached hydrogens (tertiary/aromatic N) is 1. The van der Waals surface area contributed by atoms with Gasteiger partial charge in [-0.2, -0.15) is 0 Å². The van der Waals surface area contributed by atoms with Crippen LogP contribution in [0, 0.1) is 0 Å². The Labute approximate surface area is 101 Å². The van der Waals surface area contributed by atoms with Crippen molar-refractivity contribution in [3.05, 3.63) is 18.0 Å². The Morgan fingerprint density at radius 2 is 2.24 bits per heavy atom. The minimum atomic E-state index is -0.461. The molecule has 0 unspecified atom stereocenters. The van der Waals surface area contributed by atoms with Gasteiger partial charge >= 0.3 is 6.09 Å². The lowest BCUT2D eigenvalue weighted by Gasteiger charge is -2.19. The maximum absolute atomic E-state index is 11.3. The number of ether oxygens (including phenoxy) is 1. The molecule has 0 aliphatic carbocycles. The van der Waals surface area contributed by atoms with Gasteiger partial charge in [0, 0.05) is 19.2 Å². The summed E-state index contributed by atoms with van der Waals surface area (Å²) in [4.78, 5) is 11.3. The highest BCUT2D eigenvalue weighted by Crippen LogP contribution is 2.05. The summed E-state index contributed by atoms with van der Waals surface area (Å²) in [6.45, 7) is 7.22. The van der Waals surface area contributed by atoms with Crippen molar-refractivity contribution in [2.45, 2.75) is 32.9 Å². The summed E-state index contributed by atoms with van der Waals surface area (Å²) < 4.78 is 9.99. The Kier molecular flexibility index (Phi) is 4.96. The van der Waals surface area contributed by atoms with E-state index in [1.807, 2.05) is 20.8 Å². The lowest BCUT2D eigenvalue weighted by Crippen LogP contribution is -2.36. The van der Waals surface area contributed by atoms with Gasteiger partial charge in [-0.05, 0) is 20.8 Å². The Balaban J connectivity index is 2.02. The van der Waals surface area contributed by atoms with Crippen molar-refractivity contribution in [3.8, 4) is 0 Å². The van der Waals surface area contributed by atoms with Crippen LogP contribution in [0.5, 0.6) is 0 Å². The molecule has 0 spiro atoms. The van der Waals surface area contributed by atoms with Gasteiger partial charge in [0.15, 0.2) is 0 Å². The summed E-state index contributed by atoms with van der Waals surface area (Å²) in [6, 6.07) is 1.79. The molecule has 1 heterocycles.